The van der Waals surface area contributed by atoms with Gasteiger partial charge in [0.2, 0.25) is 0 Å². The fourth-order valence-corrected chi connectivity index (χ4v) is 1.35. The largest absolute Gasteiger partial charge is 0.382 e. The number of nitrogens with one attached hydrogen (secondary N) is 1. The molecule has 0 aliphatic carbocycles. The standard InChI is InChI=1S/C12H16N4/c1-10(2)7-14-11-8-15-16(9-11)12-5-3-4-6-13-12/h3-6,8-10,14H,7H2,1-2H3. The van der Waals surface area contributed by atoms with E-state index in [1.165, 1.54) is 0 Å². The summed E-state index contributed by atoms with van der Waals surface area (Å²) in [5.74, 6) is 1.46. The van der Waals surface area contributed by atoms with Crippen molar-refractivity contribution >= 4 is 5.69 Å². The number of hydrogen-bond acceptors (Lipinski definition) is 3. The van der Waals surface area contributed by atoms with Gasteiger partial charge in [-0.2, -0.15) is 5.10 Å². The Morgan fingerprint density at radius 2 is 2.25 bits per heavy atom. The molecular weight excluding hydrogens is 200 g/mol. The summed E-state index contributed by atoms with van der Waals surface area (Å²) in [6.45, 7) is 5.31. The van der Waals surface area contributed by atoms with Gasteiger partial charge >= 0.3 is 0 Å². The van der Waals surface area contributed by atoms with Crippen LogP contribution in [0.3, 0.4) is 0 Å². The quantitative estimate of drug-likeness (QED) is 0.853. The van der Waals surface area contributed by atoms with Crippen LogP contribution in [0.4, 0.5) is 5.69 Å². The minimum absolute atomic E-state index is 0.623. The third-order valence-corrected chi connectivity index (χ3v) is 2.18. The number of aromatic nitrogens is 3. The minimum atomic E-state index is 0.623. The lowest BCUT2D eigenvalue weighted by molar-refractivity contribution is 0.689. The van der Waals surface area contributed by atoms with Crippen molar-refractivity contribution in [1.82, 2.24) is 14.8 Å². The molecule has 0 radical (unpaired) electrons. The summed E-state index contributed by atoms with van der Waals surface area (Å²) >= 11 is 0. The predicted molar refractivity (Wildman–Crippen MR) is 64.7 cm³/mol. The molecule has 0 bridgehead atoms. The van der Waals surface area contributed by atoms with E-state index in [2.05, 4.69) is 29.2 Å². The van der Waals surface area contributed by atoms with Crippen molar-refractivity contribution in [3.63, 3.8) is 0 Å². The van der Waals surface area contributed by atoms with Gasteiger partial charge in [-0.3, -0.25) is 0 Å². The summed E-state index contributed by atoms with van der Waals surface area (Å²) in [4.78, 5) is 4.23. The molecule has 2 aromatic rings. The smallest absolute Gasteiger partial charge is 0.153 e. The molecule has 0 aliphatic rings. The van der Waals surface area contributed by atoms with Crippen LogP contribution >= 0.6 is 0 Å². The van der Waals surface area contributed by atoms with Crippen molar-refractivity contribution in [2.24, 2.45) is 5.92 Å². The first kappa shape index (κ1) is 10.7. The van der Waals surface area contributed by atoms with E-state index < -0.39 is 0 Å². The van der Waals surface area contributed by atoms with Crippen molar-refractivity contribution in [1.29, 1.82) is 0 Å². The van der Waals surface area contributed by atoms with Crippen molar-refractivity contribution in [2.45, 2.75) is 13.8 Å². The van der Waals surface area contributed by atoms with E-state index in [-0.39, 0.29) is 0 Å². The molecule has 2 aromatic heterocycles. The molecule has 0 saturated heterocycles. The lowest BCUT2D eigenvalue weighted by Crippen LogP contribution is -2.07. The molecule has 4 nitrogen and oxygen atoms in total. The zero-order valence-electron chi connectivity index (χ0n) is 9.59. The monoisotopic (exact) mass is 216 g/mol. The summed E-state index contributed by atoms with van der Waals surface area (Å²) in [7, 11) is 0. The van der Waals surface area contributed by atoms with E-state index in [1.54, 1.807) is 10.9 Å². The maximum absolute atomic E-state index is 4.26. The van der Waals surface area contributed by atoms with Gasteiger partial charge in [0.15, 0.2) is 5.82 Å². The van der Waals surface area contributed by atoms with Gasteiger partial charge in [0.25, 0.3) is 0 Å². The van der Waals surface area contributed by atoms with Crippen LogP contribution in [0.2, 0.25) is 0 Å². The Balaban J connectivity index is 2.08. The Morgan fingerprint density at radius 3 is 2.94 bits per heavy atom. The topological polar surface area (TPSA) is 42.7 Å². The molecule has 0 spiro atoms. The number of rotatable bonds is 4. The molecule has 2 heterocycles. The molecular formula is C12H16N4. The van der Waals surface area contributed by atoms with E-state index in [0.717, 1.165) is 18.1 Å². The highest BCUT2D eigenvalue weighted by Crippen LogP contribution is 2.09. The first-order valence-electron chi connectivity index (χ1n) is 5.45. The fraction of sp³-hybridized carbons (Fsp3) is 0.333. The van der Waals surface area contributed by atoms with Gasteiger partial charge in [-0.15, -0.1) is 0 Å². The van der Waals surface area contributed by atoms with Crippen LogP contribution in [0.15, 0.2) is 36.8 Å². The first-order valence-corrected chi connectivity index (χ1v) is 5.45. The molecule has 0 saturated carbocycles. The molecule has 2 rings (SSSR count). The van der Waals surface area contributed by atoms with Gasteiger partial charge in [-0.05, 0) is 18.1 Å². The Morgan fingerprint density at radius 1 is 1.38 bits per heavy atom. The summed E-state index contributed by atoms with van der Waals surface area (Å²) in [6.07, 6.45) is 5.53. The lowest BCUT2D eigenvalue weighted by atomic mass is 10.2. The maximum atomic E-state index is 4.26. The fourth-order valence-electron chi connectivity index (χ4n) is 1.35. The molecule has 1 N–H and O–H groups in total. The Hall–Kier alpha value is -1.84. The molecule has 0 aromatic carbocycles. The Bertz CT molecular complexity index is 433. The Kier molecular flexibility index (Phi) is 3.19. The molecule has 0 aliphatic heterocycles. The molecule has 0 unspecified atom stereocenters. The van der Waals surface area contributed by atoms with Crippen LogP contribution < -0.4 is 5.32 Å². The van der Waals surface area contributed by atoms with Crippen molar-refractivity contribution < 1.29 is 0 Å². The molecule has 84 valence electrons. The van der Waals surface area contributed by atoms with Gasteiger partial charge in [-0.25, -0.2) is 9.67 Å². The molecule has 4 heteroatoms. The highest BCUT2D eigenvalue weighted by molar-refractivity contribution is 5.40. The van der Waals surface area contributed by atoms with Crippen molar-refractivity contribution in [3.05, 3.63) is 36.8 Å². The Labute approximate surface area is 95.3 Å². The van der Waals surface area contributed by atoms with Gasteiger partial charge in [0, 0.05) is 12.7 Å². The summed E-state index contributed by atoms with van der Waals surface area (Å²) in [6, 6.07) is 5.77. The number of hydrogen-bond donors (Lipinski definition) is 1. The average Bonchev–Trinajstić information content (AvgIpc) is 2.76. The third-order valence-electron chi connectivity index (χ3n) is 2.18. The highest BCUT2D eigenvalue weighted by atomic mass is 15.3. The van der Waals surface area contributed by atoms with Gasteiger partial charge < -0.3 is 5.32 Å². The maximum Gasteiger partial charge on any atom is 0.153 e. The highest BCUT2D eigenvalue weighted by Gasteiger charge is 2.01. The van der Waals surface area contributed by atoms with E-state index in [1.807, 2.05) is 30.6 Å². The van der Waals surface area contributed by atoms with Crippen LogP contribution in [0.25, 0.3) is 5.82 Å². The minimum Gasteiger partial charge on any atom is -0.382 e. The molecule has 0 amide bonds. The van der Waals surface area contributed by atoms with Gasteiger partial charge in [-0.1, -0.05) is 19.9 Å². The normalized spacial score (nSPS) is 10.7. The van der Waals surface area contributed by atoms with Crippen LogP contribution in [-0.2, 0) is 0 Å². The van der Waals surface area contributed by atoms with E-state index >= 15 is 0 Å². The van der Waals surface area contributed by atoms with E-state index in [4.69, 9.17) is 0 Å². The summed E-state index contributed by atoms with van der Waals surface area (Å²) in [5, 5.41) is 7.58. The van der Waals surface area contributed by atoms with Crippen LogP contribution in [0.1, 0.15) is 13.8 Å². The zero-order chi connectivity index (χ0) is 11.4. The van der Waals surface area contributed by atoms with Gasteiger partial charge in [0.1, 0.15) is 0 Å². The number of nitrogens with zero attached hydrogens (tertiary/aromatic N) is 3. The molecule has 0 atom stereocenters. The number of anilines is 1. The van der Waals surface area contributed by atoms with Crippen LogP contribution in [0, 0.1) is 5.92 Å². The first-order chi connectivity index (χ1) is 7.75. The zero-order valence-corrected chi connectivity index (χ0v) is 9.59. The predicted octanol–water partition coefficient (Wildman–Crippen LogP) is 2.34. The van der Waals surface area contributed by atoms with E-state index in [9.17, 15) is 0 Å². The van der Waals surface area contributed by atoms with Crippen LogP contribution in [-0.4, -0.2) is 21.3 Å². The van der Waals surface area contributed by atoms with E-state index in [0.29, 0.717) is 5.92 Å². The van der Waals surface area contributed by atoms with Crippen molar-refractivity contribution in [3.8, 4) is 5.82 Å². The van der Waals surface area contributed by atoms with Crippen LogP contribution in [0.5, 0.6) is 0 Å². The third kappa shape index (κ3) is 2.59. The number of pyridine rings is 1. The lowest BCUT2D eigenvalue weighted by Gasteiger charge is -2.05. The summed E-state index contributed by atoms with van der Waals surface area (Å²) < 4.78 is 1.77. The average molecular weight is 216 g/mol. The second-order valence-corrected chi connectivity index (χ2v) is 4.14. The SMILES string of the molecule is CC(C)CNc1cnn(-c2ccccn2)c1. The summed E-state index contributed by atoms with van der Waals surface area (Å²) in [5.41, 5.74) is 1.03. The van der Waals surface area contributed by atoms with Crippen molar-refractivity contribution in [2.75, 3.05) is 11.9 Å². The second-order valence-electron chi connectivity index (χ2n) is 4.14. The molecule has 0 fully saturated rings. The molecule has 16 heavy (non-hydrogen) atoms. The van der Waals surface area contributed by atoms with Gasteiger partial charge in [0.05, 0.1) is 18.1 Å². The second kappa shape index (κ2) is 4.79.